The Morgan fingerprint density at radius 2 is 1.91 bits per heavy atom. The summed E-state index contributed by atoms with van der Waals surface area (Å²) in [5, 5.41) is 9.91. The van der Waals surface area contributed by atoms with Gasteiger partial charge in [0.1, 0.15) is 5.75 Å². The van der Waals surface area contributed by atoms with E-state index in [0.29, 0.717) is 23.8 Å². The lowest BCUT2D eigenvalue weighted by Crippen LogP contribution is -2.42. The van der Waals surface area contributed by atoms with E-state index in [0.717, 1.165) is 56.6 Å². The zero-order valence-electron chi connectivity index (χ0n) is 18.9. The molecule has 2 aliphatic rings. The average Bonchev–Trinajstić information content (AvgIpc) is 2.82. The molecule has 0 spiro atoms. The quantitative estimate of drug-likeness (QED) is 0.675. The van der Waals surface area contributed by atoms with E-state index < -0.39 is 10.0 Å². The average molecular weight is 460 g/mol. The van der Waals surface area contributed by atoms with Crippen molar-refractivity contribution in [3.63, 3.8) is 0 Å². The molecule has 2 aromatic carbocycles. The summed E-state index contributed by atoms with van der Waals surface area (Å²) in [6.07, 6.45) is 4.47. The van der Waals surface area contributed by atoms with E-state index in [1.807, 2.05) is 19.1 Å². The molecule has 1 fully saturated rings. The number of nitrogens with zero attached hydrogens (tertiary/aromatic N) is 1. The summed E-state index contributed by atoms with van der Waals surface area (Å²) in [6.45, 7) is 5.80. The number of sulfonamides is 1. The monoisotopic (exact) mass is 459 g/mol. The van der Waals surface area contributed by atoms with Crippen LogP contribution in [0, 0.1) is 5.92 Å². The minimum Gasteiger partial charge on any atom is -0.493 e. The fourth-order valence-electron chi connectivity index (χ4n) is 4.57. The highest BCUT2D eigenvalue weighted by Gasteiger charge is 2.34. The molecule has 0 unspecified atom stereocenters. The smallest absolute Gasteiger partial charge is 0.264 e. The van der Waals surface area contributed by atoms with Gasteiger partial charge < -0.3 is 14.6 Å². The number of aliphatic hydroxyl groups excluding tert-OH is 1. The first-order valence-electron chi connectivity index (χ1n) is 11.5. The molecule has 0 saturated carbocycles. The first-order chi connectivity index (χ1) is 15.4. The Morgan fingerprint density at radius 1 is 1.12 bits per heavy atom. The van der Waals surface area contributed by atoms with E-state index in [1.165, 1.54) is 5.56 Å². The molecule has 6 nitrogen and oxygen atoms in total. The molecule has 0 amide bonds. The van der Waals surface area contributed by atoms with Crippen LogP contribution in [0.25, 0.3) is 0 Å². The van der Waals surface area contributed by atoms with Gasteiger partial charge in [0.15, 0.2) is 0 Å². The van der Waals surface area contributed by atoms with Crippen LogP contribution in [0.3, 0.4) is 0 Å². The Morgan fingerprint density at radius 3 is 2.62 bits per heavy atom. The molecule has 0 aromatic heterocycles. The highest BCUT2D eigenvalue weighted by atomic mass is 32.2. The molecule has 174 valence electrons. The van der Waals surface area contributed by atoms with Crippen LogP contribution in [0.5, 0.6) is 5.75 Å². The Hall–Kier alpha value is -2.09. The highest BCUT2D eigenvalue weighted by Crippen LogP contribution is 2.37. The molecule has 1 saturated heterocycles. The molecule has 4 rings (SSSR count). The minimum absolute atomic E-state index is 0.137. The second kappa shape index (κ2) is 9.81. The van der Waals surface area contributed by atoms with E-state index in [4.69, 9.17) is 9.47 Å². The van der Waals surface area contributed by atoms with Gasteiger partial charge in [-0.05, 0) is 80.3 Å². The molecule has 0 bridgehead atoms. The van der Waals surface area contributed by atoms with Gasteiger partial charge in [-0.15, -0.1) is 0 Å². The van der Waals surface area contributed by atoms with Crippen LogP contribution in [0.1, 0.15) is 49.8 Å². The van der Waals surface area contributed by atoms with Gasteiger partial charge in [0.05, 0.1) is 23.8 Å². The molecule has 0 radical (unpaired) electrons. The summed E-state index contributed by atoms with van der Waals surface area (Å²) >= 11 is 0. The maximum Gasteiger partial charge on any atom is 0.264 e. The van der Waals surface area contributed by atoms with Crippen molar-refractivity contribution in [1.82, 2.24) is 0 Å². The Kier molecular flexibility index (Phi) is 7.08. The second-order valence-corrected chi connectivity index (χ2v) is 10.6. The van der Waals surface area contributed by atoms with Crippen LogP contribution < -0.4 is 9.04 Å². The number of benzene rings is 2. The minimum atomic E-state index is -3.78. The number of hydrogen-bond acceptors (Lipinski definition) is 5. The summed E-state index contributed by atoms with van der Waals surface area (Å²) < 4.78 is 40.3. The molecule has 32 heavy (non-hydrogen) atoms. The molecule has 2 aromatic rings. The molecule has 2 aliphatic heterocycles. The van der Waals surface area contributed by atoms with Crippen LogP contribution in [0.15, 0.2) is 41.3 Å². The van der Waals surface area contributed by atoms with Crippen molar-refractivity contribution in [2.45, 2.75) is 63.5 Å². The van der Waals surface area contributed by atoms with Gasteiger partial charge >= 0.3 is 0 Å². The summed E-state index contributed by atoms with van der Waals surface area (Å²) in [6, 6.07) is 10.7. The number of anilines is 1. The van der Waals surface area contributed by atoms with Crippen molar-refractivity contribution in [3.8, 4) is 5.75 Å². The van der Waals surface area contributed by atoms with E-state index >= 15 is 0 Å². The topological polar surface area (TPSA) is 76.1 Å². The molecule has 1 N–H and O–H groups in total. The number of aliphatic hydroxyl groups is 1. The van der Waals surface area contributed by atoms with Crippen LogP contribution in [0.4, 0.5) is 5.69 Å². The summed E-state index contributed by atoms with van der Waals surface area (Å²) in [5.74, 6) is 0.954. The SMILES string of the molecule is CCc1ccc2c(c1)CC[C@H](C)N2S(=O)(=O)c1ccc(OCC2CCOCC2)c(CO)c1. The third kappa shape index (κ3) is 4.65. The third-order valence-electron chi connectivity index (χ3n) is 6.60. The molecule has 7 heteroatoms. The van der Waals surface area contributed by atoms with Gasteiger partial charge in [0, 0.05) is 24.8 Å². The van der Waals surface area contributed by atoms with E-state index in [1.54, 1.807) is 22.5 Å². The fraction of sp³-hybridized carbons (Fsp3) is 0.520. The first-order valence-corrected chi connectivity index (χ1v) is 13.0. The van der Waals surface area contributed by atoms with Gasteiger partial charge in [0.25, 0.3) is 10.0 Å². The Bertz CT molecular complexity index is 1050. The van der Waals surface area contributed by atoms with Gasteiger partial charge in [0.2, 0.25) is 0 Å². The number of ether oxygens (including phenoxy) is 2. The number of rotatable bonds is 7. The van der Waals surface area contributed by atoms with Crippen molar-refractivity contribution in [2.75, 3.05) is 24.1 Å². The number of hydrogen-bond donors (Lipinski definition) is 1. The molecular formula is C25H33NO5S. The summed E-state index contributed by atoms with van der Waals surface area (Å²) in [4.78, 5) is 0.180. The Labute approximate surface area is 191 Å². The van der Waals surface area contributed by atoms with Crippen LogP contribution in [-0.2, 0) is 34.2 Å². The largest absolute Gasteiger partial charge is 0.493 e. The van der Waals surface area contributed by atoms with Gasteiger partial charge in [-0.1, -0.05) is 19.1 Å². The fourth-order valence-corrected chi connectivity index (χ4v) is 6.35. The van der Waals surface area contributed by atoms with E-state index in [-0.39, 0.29) is 17.5 Å². The molecule has 2 heterocycles. The van der Waals surface area contributed by atoms with Gasteiger partial charge in [-0.25, -0.2) is 8.42 Å². The lowest BCUT2D eigenvalue weighted by Gasteiger charge is -2.36. The normalized spacial score (nSPS) is 19.6. The summed E-state index contributed by atoms with van der Waals surface area (Å²) in [7, 11) is -3.78. The predicted octanol–water partition coefficient (Wildman–Crippen LogP) is 4.08. The van der Waals surface area contributed by atoms with Crippen molar-refractivity contribution >= 4 is 15.7 Å². The van der Waals surface area contributed by atoms with Crippen molar-refractivity contribution in [2.24, 2.45) is 5.92 Å². The molecular weight excluding hydrogens is 426 g/mol. The first kappa shape index (κ1) is 23.1. The van der Waals surface area contributed by atoms with Gasteiger partial charge in [-0.3, -0.25) is 4.31 Å². The van der Waals surface area contributed by atoms with Crippen LogP contribution in [-0.4, -0.2) is 39.4 Å². The number of fused-ring (bicyclic) bond motifs is 1. The molecule has 1 atom stereocenters. The maximum atomic E-state index is 13.7. The van der Waals surface area contributed by atoms with E-state index in [2.05, 4.69) is 13.0 Å². The summed E-state index contributed by atoms with van der Waals surface area (Å²) in [5.41, 5.74) is 3.53. The lowest BCUT2D eigenvalue weighted by molar-refractivity contribution is 0.0494. The van der Waals surface area contributed by atoms with Crippen molar-refractivity contribution in [3.05, 3.63) is 53.1 Å². The number of aryl methyl sites for hydroxylation is 2. The zero-order valence-corrected chi connectivity index (χ0v) is 19.7. The zero-order chi connectivity index (χ0) is 22.7. The van der Waals surface area contributed by atoms with Crippen LogP contribution in [0.2, 0.25) is 0 Å². The van der Waals surface area contributed by atoms with Gasteiger partial charge in [-0.2, -0.15) is 0 Å². The van der Waals surface area contributed by atoms with Crippen LogP contribution >= 0.6 is 0 Å². The standard InChI is InChI=1S/C25H33NO5S/c1-3-19-5-8-24-21(14-19)6-4-18(2)26(24)32(28,29)23-7-9-25(22(15-23)16-27)31-17-20-10-12-30-13-11-20/h5,7-9,14-15,18,20,27H,3-4,6,10-13,16-17H2,1-2H3/t18-/m0/s1. The molecule has 0 aliphatic carbocycles. The Balaban J connectivity index is 1.61. The predicted molar refractivity (Wildman–Crippen MR) is 125 cm³/mol. The van der Waals surface area contributed by atoms with E-state index in [9.17, 15) is 13.5 Å². The second-order valence-electron chi connectivity index (χ2n) is 8.80. The van der Waals surface area contributed by atoms with Crippen molar-refractivity contribution < 1.29 is 23.0 Å². The lowest BCUT2D eigenvalue weighted by atomic mass is 9.96. The maximum absolute atomic E-state index is 13.7. The third-order valence-corrected chi connectivity index (χ3v) is 8.52. The van der Waals surface area contributed by atoms with Crippen molar-refractivity contribution in [1.29, 1.82) is 0 Å². The highest BCUT2D eigenvalue weighted by molar-refractivity contribution is 7.92.